The Balaban J connectivity index is 1.80. The first kappa shape index (κ1) is 17.4. The molecule has 0 saturated heterocycles. The molecule has 2 rings (SSSR count). The van der Waals surface area contributed by atoms with Gasteiger partial charge in [-0.15, -0.1) is 11.3 Å². The topological polar surface area (TPSA) is 68.3 Å². The summed E-state index contributed by atoms with van der Waals surface area (Å²) in [5, 5.41) is 5.65. The highest BCUT2D eigenvalue weighted by Gasteiger charge is 2.10. The van der Waals surface area contributed by atoms with E-state index < -0.39 is 0 Å². The summed E-state index contributed by atoms with van der Waals surface area (Å²) in [4.78, 5) is 27.5. The van der Waals surface area contributed by atoms with Gasteiger partial charge in [0, 0.05) is 16.8 Å². The molecule has 0 aliphatic rings. The average molecular weight is 353 g/mol. The van der Waals surface area contributed by atoms with Gasteiger partial charge in [0.1, 0.15) is 0 Å². The van der Waals surface area contributed by atoms with Crippen molar-refractivity contribution in [1.82, 2.24) is 4.98 Å². The van der Waals surface area contributed by atoms with Crippen molar-refractivity contribution in [3.63, 3.8) is 0 Å². The minimum absolute atomic E-state index is 0.114. The van der Waals surface area contributed by atoms with Crippen molar-refractivity contribution in [2.45, 2.75) is 26.2 Å². The number of halogens is 1. The molecule has 0 radical (unpaired) electrons. The number of rotatable bonds is 7. The van der Waals surface area contributed by atoms with E-state index in [2.05, 4.69) is 10.3 Å². The van der Waals surface area contributed by atoms with Gasteiger partial charge in [-0.25, -0.2) is 4.98 Å². The van der Waals surface area contributed by atoms with E-state index in [1.807, 2.05) is 12.1 Å². The van der Waals surface area contributed by atoms with Crippen LogP contribution in [0.3, 0.4) is 0 Å². The smallest absolute Gasteiger partial charge is 0.311 e. The molecule has 0 unspecified atom stereocenters. The number of hydrogen-bond donors (Lipinski definition) is 1. The summed E-state index contributed by atoms with van der Waals surface area (Å²) in [6.45, 7) is 2.10. The van der Waals surface area contributed by atoms with E-state index in [1.165, 1.54) is 11.3 Å². The van der Waals surface area contributed by atoms with Crippen molar-refractivity contribution >= 4 is 39.9 Å². The van der Waals surface area contributed by atoms with Gasteiger partial charge in [-0.3, -0.25) is 9.59 Å². The van der Waals surface area contributed by atoms with Gasteiger partial charge < -0.3 is 10.1 Å². The number of nitrogens with zero attached hydrogens (tertiary/aromatic N) is 1. The second-order valence-corrected chi connectivity index (χ2v) is 6.09. The molecule has 1 heterocycles. The molecule has 0 spiro atoms. The van der Waals surface area contributed by atoms with Gasteiger partial charge in [0.2, 0.25) is 5.91 Å². The Morgan fingerprint density at radius 1 is 1.30 bits per heavy atom. The molecule has 0 saturated carbocycles. The lowest BCUT2D eigenvalue weighted by molar-refractivity contribution is -0.142. The van der Waals surface area contributed by atoms with E-state index in [1.54, 1.807) is 24.4 Å². The number of aryl methyl sites for hydroxylation is 1. The van der Waals surface area contributed by atoms with Crippen LogP contribution in [0, 0.1) is 0 Å². The Bertz CT molecular complexity index is 670. The average Bonchev–Trinajstić information content (AvgIpc) is 2.94. The van der Waals surface area contributed by atoms with E-state index in [0.717, 1.165) is 5.56 Å². The molecule has 1 aromatic carbocycles. The van der Waals surface area contributed by atoms with E-state index in [9.17, 15) is 9.59 Å². The molecule has 1 N–H and O–H groups in total. The number of ether oxygens (including phenoxy) is 1. The predicted molar refractivity (Wildman–Crippen MR) is 90.9 cm³/mol. The van der Waals surface area contributed by atoms with Crippen molar-refractivity contribution < 1.29 is 14.3 Å². The molecule has 0 aliphatic heterocycles. The SMILES string of the molecule is CCOC(=O)Cc1csc(NC(=O)CCc2ccc(Cl)cc2)n1. The van der Waals surface area contributed by atoms with Crippen molar-refractivity contribution in [2.24, 2.45) is 0 Å². The fraction of sp³-hybridized carbons (Fsp3) is 0.312. The number of anilines is 1. The van der Waals surface area contributed by atoms with E-state index in [0.29, 0.717) is 35.3 Å². The van der Waals surface area contributed by atoms with Gasteiger partial charge in [-0.05, 0) is 31.0 Å². The molecule has 122 valence electrons. The van der Waals surface area contributed by atoms with Crippen LogP contribution >= 0.6 is 22.9 Å². The summed E-state index contributed by atoms with van der Waals surface area (Å²) in [5.41, 5.74) is 1.65. The van der Waals surface area contributed by atoms with Crippen molar-refractivity contribution in [3.8, 4) is 0 Å². The third-order valence-electron chi connectivity index (χ3n) is 2.98. The highest BCUT2D eigenvalue weighted by Crippen LogP contribution is 2.17. The Morgan fingerprint density at radius 3 is 2.74 bits per heavy atom. The van der Waals surface area contributed by atoms with Crippen LogP contribution in [-0.4, -0.2) is 23.5 Å². The van der Waals surface area contributed by atoms with Gasteiger partial charge in [-0.2, -0.15) is 0 Å². The highest BCUT2D eigenvalue weighted by atomic mass is 35.5. The molecule has 5 nitrogen and oxygen atoms in total. The summed E-state index contributed by atoms with van der Waals surface area (Å²) in [6.07, 6.45) is 1.10. The van der Waals surface area contributed by atoms with Gasteiger partial charge in [-0.1, -0.05) is 23.7 Å². The number of hydrogen-bond acceptors (Lipinski definition) is 5. The van der Waals surface area contributed by atoms with Crippen LogP contribution in [0.1, 0.15) is 24.6 Å². The highest BCUT2D eigenvalue weighted by molar-refractivity contribution is 7.13. The summed E-state index contributed by atoms with van der Waals surface area (Å²) in [5.74, 6) is -0.435. The van der Waals surface area contributed by atoms with Crippen molar-refractivity contribution in [2.75, 3.05) is 11.9 Å². The first-order valence-corrected chi connectivity index (χ1v) is 8.47. The second-order valence-electron chi connectivity index (χ2n) is 4.80. The standard InChI is InChI=1S/C16H17ClN2O3S/c1-2-22-15(21)9-13-10-23-16(18-13)19-14(20)8-5-11-3-6-12(17)7-4-11/h3-4,6-7,10H,2,5,8-9H2,1H3,(H,18,19,20). The molecule has 1 aromatic heterocycles. The summed E-state index contributed by atoms with van der Waals surface area (Å²) >= 11 is 7.11. The lowest BCUT2D eigenvalue weighted by Gasteiger charge is -2.02. The molecular weight excluding hydrogens is 336 g/mol. The summed E-state index contributed by atoms with van der Waals surface area (Å²) in [7, 11) is 0. The van der Waals surface area contributed by atoms with Crippen LogP contribution in [0.15, 0.2) is 29.6 Å². The van der Waals surface area contributed by atoms with Crippen molar-refractivity contribution in [3.05, 3.63) is 45.9 Å². The largest absolute Gasteiger partial charge is 0.466 e. The predicted octanol–water partition coefficient (Wildman–Crippen LogP) is 3.47. The third-order valence-corrected chi connectivity index (χ3v) is 4.04. The molecular formula is C16H17ClN2O3S. The minimum atomic E-state index is -0.321. The first-order chi connectivity index (χ1) is 11.1. The number of carbonyl (C=O) groups excluding carboxylic acids is 2. The van der Waals surface area contributed by atoms with Gasteiger partial charge in [0.25, 0.3) is 0 Å². The van der Waals surface area contributed by atoms with E-state index in [-0.39, 0.29) is 18.3 Å². The molecule has 0 bridgehead atoms. The summed E-state index contributed by atoms with van der Waals surface area (Å²) < 4.78 is 4.86. The fourth-order valence-electron chi connectivity index (χ4n) is 1.90. The van der Waals surface area contributed by atoms with Crippen LogP contribution in [-0.2, 0) is 27.2 Å². The maximum absolute atomic E-state index is 11.9. The zero-order valence-corrected chi connectivity index (χ0v) is 14.2. The lowest BCUT2D eigenvalue weighted by Crippen LogP contribution is -2.12. The second kappa shape index (κ2) is 8.64. The maximum atomic E-state index is 11.9. The molecule has 0 atom stereocenters. The number of carbonyl (C=O) groups is 2. The maximum Gasteiger partial charge on any atom is 0.311 e. The van der Waals surface area contributed by atoms with E-state index >= 15 is 0 Å². The van der Waals surface area contributed by atoms with Crippen LogP contribution < -0.4 is 5.32 Å². The molecule has 1 amide bonds. The van der Waals surface area contributed by atoms with Crippen molar-refractivity contribution in [1.29, 1.82) is 0 Å². The number of amides is 1. The zero-order valence-electron chi connectivity index (χ0n) is 12.7. The number of thiazole rings is 1. The third kappa shape index (κ3) is 6.00. The lowest BCUT2D eigenvalue weighted by atomic mass is 10.1. The Hall–Kier alpha value is -1.92. The van der Waals surface area contributed by atoms with Crippen LogP contribution in [0.25, 0.3) is 0 Å². The quantitative estimate of drug-likeness (QED) is 0.775. The van der Waals surface area contributed by atoms with Gasteiger partial charge in [0.05, 0.1) is 18.7 Å². The molecule has 0 aliphatic carbocycles. The Labute approximate surface area is 143 Å². The number of aromatic nitrogens is 1. The number of esters is 1. The Kier molecular flexibility index (Phi) is 6.55. The molecule has 0 fully saturated rings. The normalized spacial score (nSPS) is 10.3. The Morgan fingerprint density at radius 2 is 2.04 bits per heavy atom. The molecule has 7 heteroatoms. The van der Waals surface area contributed by atoms with Gasteiger partial charge >= 0.3 is 5.97 Å². The van der Waals surface area contributed by atoms with E-state index in [4.69, 9.17) is 16.3 Å². The minimum Gasteiger partial charge on any atom is -0.466 e. The van der Waals surface area contributed by atoms with Crippen LogP contribution in [0.2, 0.25) is 5.02 Å². The molecule has 23 heavy (non-hydrogen) atoms. The summed E-state index contributed by atoms with van der Waals surface area (Å²) in [6, 6.07) is 7.40. The van der Waals surface area contributed by atoms with Crippen LogP contribution in [0.5, 0.6) is 0 Å². The first-order valence-electron chi connectivity index (χ1n) is 7.21. The fourth-order valence-corrected chi connectivity index (χ4v) is 2.75. The zero-order chi connectivity index (χ0) is 16.7. The van der Waals surface area contributed by atoms with Crippen LogP contribution in [0.4, 0.5) is 5.13 Å². The molecule has 2 aromatic rings. The number of benzene rings is 1. The number of nitrogens with one attached hydrogen (secondary N) is 1. The van der Waals surface area contributed by atoms with Gasteiger partial charge in [0.15, 0.2) is 5.13 Å². The monoisotopic (exact) mass is 352 g/mol.